The summed E-state index contributed by atoms with van der Waals surface area (Å²) in [7, 11) is 0. The SMILES string of the molecule is Fc1cc(Br)c2nsnc2c1Br. The van der Waals surface area contributed by atoms with Crippen LogP contribution in [0.4, 0.5) is 4.39 Å². The summed E-state index contributed by atoms with van der Waals surface area (Å²) >= 11 is 7.37. The molecule has 1 aromatic heterocycles. The van der Waals surface area contributed by atoms with Gasteiger partial charge in [-0.2, -0.15) is 8.75 Å². The molecule has 0 radical (unpaired) electrons. The van der Waals surface area contributed by atoms with Crippen molar-refractivity contribution in [2.75, 3.05) is 0 Å². The first-order valence-corrected chi connectivity index (χ1v) is 5.27. The van der Waals surface area contributed by atoms with Crippen molar-refractivity contribution in [3.05, 3.63) is 20.8 Å². The number of fused-ring (bicyclic) bond motifs is 1. The lowest BCUT2D eigenvalue weighted by atomic mass is 10.3. The van der Waals surface area contributed by atoms with Crippen LogP contribution < -0.4 is 0 Å². The van der Waals surface area contributed by atoms with Crippen LogP contribution in [0, 0.1) is 5.82 Å². The van der Waals surface area contributed by atoms with E-state index >= 15 is 0 Å². The van der Waals surface area contributed by atoms with Crippen LogP contribution in [0.5, 0.6) is 0 Å². The Kier molecular flexibility index (Phi) is 2.14. The molecule has 2 nitrogen and oxygen atoms in total. The van der Waals surface area contributed by atoms with Crippen LogP contribution >= 0.6 is 43.6 Å². The lowest BCUT2D eigenvalue weighted by Gasteiger charge is -1.95. The van der Waals surface area contributed by atoms with Gasteiger partial charge in [-0.1, -0.05) is 0 Å². The number of aromatic nitrogens is 2. The Bertz CT molecular complexity index is 442. The third-order valence-corrected chi connectivity index (χ3v) is 3.27. The van der Waals surface area contributed by atoms with Gasteiger partial charge in [0.1, 0.15) is 16.9 Å². The molecule has 0 atom stereocenters. The van der Waals surface area contributed by atoms with Crippen molar-refractivity contribution < 1.29 is 4.39 Å². The predicted molar refractivity (Wildman–Crippen MR) is 52.8 cm³/mol. The molecule has 0 aliphatic heterocycles. The van der Waals surface area contributed by atoms with Crippen molar-refractivity contribution >= 4 is 54.6 Å². The Hall–Kier alpha value is -0.0700. The van der Waals surface area contributed by atoms with Gasteiger partial charge >= 0.3 is 0 Å². The Morgan fingerprint density at radius 2 is 1.92 bits per heavy atom. The van der Waals surface area contributed by atoms with Gasteiger partial charge in [-0.3, -0.25) is 0 Å². The first kappa shape index (κ1) is 8.52. The fourth-order valence-corrected chi connectivity index (χ4v) is 2.52. The van der Waals surface area contributed by atoms with E-state index < -0.39 is 0 Å². The molecule has 0 fully saturated rings. The first-order chi connectivity index (χ1) is 5.70. The summed E-state index contributed by atoms with van der Waals surface area (Å²) in [5, 5.41) is 0. The summed E-state index contributed by atoms with van der Waals surface area (Å²) < 4.78 is 22.0. The van der Waals surface area contributed by atoms with E-state index in [0.29, 0.717) is 20.0 Å². The molecule has 0 spiro atoms. The van der Waals surface area contributed by atoms with Crippen LogP contribution in [0.15, 0.2) is 15.0 Å². The van der Waals surface area contributed by atoms with Gasteiger partial charge in [0.05, 0.1) is 16.2 Å². The van der Waals surface area contributed by atoms with Crippen molar-refractivity contribution in [1.82, 2.24) is 8.75 Å². The lowest BCUT2D eigenvalue weighted by Crippen LogP contribution is -1.81. The van der Waals surface area contributed by atoms with E-state index in [0.717, 1.165) is 11.7 Å². The molecule has 0 aliphatic carbocycles. The van der Waals surface area contributed by atoms with E-state index in [4.69, 9.17) is 0 Å². The topological polar surface area (TPSA) is 25.8 Å². The van der Waals surface area contributed by atoms with Crippen molar-refractivity contribution in [3.8, 4) is 0 Å². The average Bonchev–Trinajstić information content (AvgIpc) is 2.48. The molecule has 1 aromatic carbocycles. The minimum Gasteiger partial charge on any atom is -0.206 e. The maximum absolute atomic E-state index is 13.0. The van der Waals surface area contributed by atoms with Crippen LogP contribution in [-0.2, 0) is 0 Å². The van der Waals surface area contributed by atoms with E-state index in [1.165, 1.54) is 6.07 Å². The van der Waals surface area contributed by atoms with Gasteiger partial charge in [0.2, 0.25) is 0 Å². The second kappa shape index (κ2) is 3.01. The molecule has 62 valence electrons. The van der Waals surface area contributed by atoms with Crippen LogP contribution in [-0.4, -0.2) is 8.75 Å². The number of benzene rings is 1. The molecule has 0 aliphatic rings. The van der Waals surface area contributed by atoms with Crippen LogP contribution in [0.1, 0.15) is 0 Å². The molecule has 0 amide bonds. The second-order valence-corrected chi connectivity index (χ2v) is 4.29. The molecule has 1 heterocycles. The summed E-state index contributed by atoms with van der Waals surface area (Å²) in [5.74, 6) is -0.331. The molecule has 0 N–H and O–H groups in total. The first-order valence-electron chi connectivity index (χ1n) is 2.96. The Morgan fingerprint density at radius 3 is 2.67 bits per heavy atom. The molecule has 0 bridgehead atoms. The van der Waals surface area contributed by atoms with E-state index in [1.807, 2.05) is 0 Å². The van der Waals surface area contributed by atoms with Gasteiger partial charge in [0.25, 0.3) is 0 Å². The van der Waals surface area contributed by atoms with E-state index in [2.05, 4.69) is 40.6 Å². The molecule has 0 saturated heterocycles. The summed E-state index contributed by atoms with van der Waals surface area (Å²) in [6.45, 7) is 0. The number of nitrogens with zero attached hydrogens (tertiary/aromatic N) is 2. The maximum atomic E-state index is 13.0. The third kappa shape index (κ3) is 1.18. The number of hydrogen-bond donors (Lipinski definition) is 0. The van der Waals surface area contributed by atoms with Gasteiger partial charge in [-0.25, -0.2) is 4.39 Å². The van der Waals surface area contributed by atoms with Crippen molar-refractivity contribution in [1.29, 1.82) is 0 Å². The third-order valence-electron chi connectivity index (χ3n) is 1.39. The highest BCUT2D eigenvalue weighted by molar-refractivity contribution is 9.11. The molecule has 0 saturated carbocycles. The zero-order valence-corrected chi connectivity index (χ0v) is 9.50. The van der Waals surface area contributed by atoms with Crippen LogP contribution in [0.25, 0.3) is 11.0 Å². The molecule has 2 rings (SSSR count). The van der Waals surface area contributed by atoms with E-state index in [1.54, 1.807) is 0 Å². The summed E-state index contributed by atoms with van der Waals surface area (Å²) in [6.07, 6.45) is 0. The second-order valence-electron chi connectivity index (χ2n) is 2.12. The predicted octanol–water partition coefficient (Wildman–Crippen LogP) is 3.36. The fraction of sp³-hybridized carbons (Fsp3) is 0. The Labute approximate surface area is 88.4 Å². The number of halogens is 3. The highest BCUT2D eigenvalue weighted by Gasteiger charge is 2.11. The monoisotopic (exact) mass is 310 g/mol. The molecule has 6 heteroatoms. The van der Waals surface area contributed by atoms with Gasteiger partial charge in [-0.15, -0.1) is 0 Å². The quantitative estimate of drug-likeness (QED) is 0.697. The van der Waals surface area contributed by atoms with Gasteiger partial charge in [0, 0.05) is 4.47 Å². The van der Waals surface area contributed by atoms with Crippen LogP contribution in [0.3, 0.4) is 0 Å². The van der Waals surface area contributed by atoms with Crippen LogP contribution in [0.2, 0.25) is 0 Å². The standard InChI is InChI=1S/C6HBr2FN2S/c7-2-1-3(9)4(8)6-5(2)10-12-11-6/h1H. The smallest absolute Gasteiger partial charge is 0.140 e. The molecule has 2 aromatic rings. The van der Waals surface area contributed by atoms with E-state index in [-0.39, 0.29) is 5.82 Å². The largest absolute Gasteiger partial charge is 0.206 e. The van der Waals surface area contributed by atoms with Gasteiger partial charge < -0.3 is 0 Å². The van der Waals surface area contributed by atoms with E-state index in [9.17, 15) is 4.39 Å². The Balaban J connectivity index is 2.97. The van der Waals surface area contributed by atoms with Crippen molar-refractivity contribution in [3.63, 3.8) is 0 Å². The maximum Gasteiger partial charge on any atom is 0.140 e. The number of rotatable bonds is 0. The average molecular weight is 312 g/mol. The van der Waals surface area contributed by atoms with Crippen molar-refractivity contribution in [2.45, 2.75) is 0 Å². The molecular formula is C6HBr2FN2S. The highest BCUT2D eigenvalue weighted by atomic mass is 79.9. The summed E-state index contributed by atoms with van der Waals surface area (Å²) in [4.78, 5) is 0. The zero-order valence-electron chi connectivity index (χ0n) is 5.51. The summed E-state index contributed by atoms with van der Waals surface area (Å²) in [6, 6.07) is 1.37. The molecule has 0 unspecified atom stereocenters. The minimum atomic E-state index is -0.331. The number of hydrogen-bond acceptors (Lipinski definition) is 3. The minimum absolute atomic E-state index is 0.331. The molecular weight excluding hydrogens is 311 g/mol. The summed E-state index contributed by atoms with van der Waals surface area (Å²) in [5.41, 5.74) is 1.25. The van der Waals surface area contributed by atoms with Gasteiger partial charge in [-0.05, 0) is 37.9 Å². The lowest BCUT2D eigenvalue weighted by molar-refractivity contribution is 0.622. The highest BCUT2D eigenvalue weighted by Crippen LogP contribution is 2.30. The zero-order chi connectivity index (χ0) is 8.72. The normalized spacial score (nSPS) is 10.9. The van der Waals surface area contributed by atoms with Crippen molar-refractivity contribution in [2.24, 2.45) is 0 Å². The molecule has 12 heavy (non-hydrogen) atoms. The van der Waals surface area contributed by atoms with Gasteiger partial charge in [0.15, 0.2) is 0 Å². The Morgan fingerprint density at radius 1 is 1.25 bits per heavy atom. The fourth-order valence-electron chi connectivity index (χ4n) is 0.845.